The van der Waals surface area contributed by atoms with E-state index in [0.29, 0.717) is 5.69 Å². The summed E-state index contributed by atoms with van der Waals surface area (Å²) in [5.41, 5.74) is 0.396. The molecule has 1 atom stereocenters. The van der Waals surface area contributed by atoms with Crippen LogP contribution in [0.2, 0.25) is 0 Å². The normalized spacial score (nSPS) is 11.9. The van der Waals surface area contributed by atoms with Crippen molar-refractivity contribution in [1.29, 1.82) is 0 Å². The second-order valence-electron chi connectivity index (χ2n) is 4.87. The van der Waals surface area contributed by atoms with Crippen LogP contribution in [0.1, 0.15) is 4.88 Å². The number of quaternary nitrogens is 1. The van der Waals surface area contributed by atoms with Crippen molar-refractivity contribution in [2.24, 2.45) is 0 Å². The van der Waals surface area contributed by atoms with E-state index in [9.17, 15) is 14.9 Å². The molecule has 2 N–H and O–H groups in total. The highest BCUT2D eigenvalue weighted by atomic mass is 79.9. The van der Waals surface area contributed by atoms with Crippen molar-refractivity contribution < 1.29 is 14.6 Å². The van der Waals surface area contributed by atoms with E-state index >= 15 is 0 Å². The van der Waals surface area contributed by atoms with Gasteiger partial charge in [-0.2, -0.15) is 0 Å². The molecule has 0 aliphatic heterocycles. The zero-order valence-electron chi connectivity index (χ0n) is 11.8. The van der Waals surface area contributed by atoms with Crippen molar-refractivity contribution in [3.63, 3.8) is 0 Å². The SMILES string of the molecule is C[NH+](CC(=O)Nc1cccc([N+](=O)[O-])c1)Cc1ccc(Br)s1. The number of hydrogen-bond donors (Lipinski definition) is 2. The third-order valence-electron chi connectivity index (χ3n) is 2.91. The molecule has 0 radical (unpaired) electrons. The molecule has 22 heavy (non-hydrogen) atoms. The van der Waals surface area contributed by atoms with Gasteiger partial charge in [-0.3, -0.25) is 14.9 Å². The Bertz CT molecular complexity index is 689. The van der Waals surface area contributed by atoms with Crippen molar-refractivity contribution >= 4 is 44.5 Å². The monoisotopic (exact) mass is 384 g/mol. The second kappa shape index (κ2) is 7.48. The lowest BCUT2D eigenvalue weighted by molar-refractivity contribution is -0.884. The van der Waals surface area contributed by atoms with E-state index < -0.39 is 4.92 Å². The van der Waals surface area contributed by atoms with Crippen LogP contribution in [0.25, 0.3) is 0 Å². The van der Waals surface area contributed by atoms with Gasteiger partial charge >= 0.3 is 0 Å². The van der Waals surface area contributed by atoms with Crippen LogP contribution in [0.15, 0.2) is 40.2 Å². The molecule has 1 aromatic carbocycles. The first kappa shape index (κ1) is 16.6. The molecule has 2 aromatic rings. The van der Waals surface area contributed by atoms with Crippen LogP contribution in [0, 0.1) is 10.1 Å². The average Bonchev–Trinajstić information content (AvgIpc) is 2.83. The quantitative estimate of drug-likeness (QED) is 0.591. The summed E-state index contributed by atoms with van der Waals surface area (Å²) in [5.74, 6) is -0.173. The summed E-state index contributed by atoms with van der Waals surface area (Å²) in [6, 6.07) is 9.93. The van der Waals surface area contributed by atoms with Gasteiger partial charge in [0.05, 0.1) is 20.6 Å². The predicted molar refractivity (Wildman–Crippen MR) is 89.2 cm³/mol. The average molecular weight is 385 g/mol. The van der Waals surface area contributed by atoms with Crippen LogP contribution >= 0.6 is 27.3 Å². The summed E-state index contributed by atoms with van der Waals surface area (Å²) in [5, 5.41) is 13.4. The molecule has 0 fully saturated rings. The van der Waals surface area contributed by atoms with Gasteiger partial charge in [-0.1, -0.05) is 6.07 Å². The molecule has 1 amide bonds. The number of amides is 1. The number of likely N-dealkylation sites (N-methyl/N-ethyl adjacent to an activating group) is 1. The van der Waals surface area contributed by atoms with Gasteiger partial charge in [0.1, 0.15) is 6.54 Å². The third-order valence-corrected chi connectivity index (χ3v) is 4.53. The number of hydrogen-bond acceptors (Lipinski definition) is 4. The van der Waals surface area contributed by atoms with Gasteiger partial charge in [-0.05, 0) is 34.1 Å². The fraction of sp³-hybridized carbons (Fsp3) is 0.214. The van der Waals surface area contributed by atoms with Gasteiger partial charge in [0.2, 0.25) is 0 Å². The Labute approximate surface area is 140 Å². The summed E-state index contributed by atoms with van der Waals surface area (Å²) < 4.78 is 1.07. The number of rotatable bonds is 6. The first-order valence-electron chi connectivity index (χ1n) is 6.54. The van der Waals surface area contributed by atoms with E-state index in [-0.39, 0.29) is 18.1 Å². The zero-order chi connectivity index (χ0) is 16.1. The number of carbonyl (C=O) groups is 1. The van der Waals surface area contributed by atoms with Gasteiger partial charge in [0.25, 0.3) is 11.6 Å². The Morgan fingerprint density at radius 3 is 2.82 bits per heavy atom. The van der Waals surface area contributed by atoms with Crippen molar-refractivity contribution in [1.82, 2.24) is 0 Å². The fourth-order valence-electron chi connectivity index (χ4n) is 1.98. The number of nitro benzene ring substituents is 1. The van der Waals surface area contributed by atoms with E-state index in [1.165, 1.54) is 17.0 Å². The number of halogens is 1. The standard InChI is InChI=1S/C14H14BrN3O3S/c1-17(8-12-5-6-13(15)22-12)9-14(19)16-10-3-2-4-11(7-10)18(20)21/h2-7H,8-9H2,1H3,(H,16,19)/p+1. The molecule has 0 aliphatic carbocycles. The molecule has 8 heteroatoms. The molecule has 0 saturated heterocycles. The maximum Gasteiger partial charge on any atom is 0.279 e. The molecule has 2 rings (SSSR count). The Kier molecular flexibility index (Phi) is 5.64. The Balaban J connectivity index is 1.89. The summed E-state index contributed by atoms with van der Waals surface area (Å²) in [4.78, 5) is 24.4. The zero-order valence-corrected chi connectivity index (χ0v) is 14.2. The minimum Gasteiger partial charge on any atom is -0.325 e. The highest BCUT2D eigenvalue weighted by molar-refractivity contribution is 9.11. The minimum atomic E-state index is -0.484. The topological polar surface area (TPSA) is 76.7 Å². The minimum absolute atomic E-state index is 0.0399. The number of nitro groups is 1. The first-order valence-corrected chi connectivity index (χ1v) is 8.15. The van der Waals surface area contributed by atoms with E-state index in [2.05, 4.69) is 21.2 Å². The van der Waals surface area contributed by atoms with Gasteiger partial charge in [0.15, 0.2) is 6.54 Å². The molecular weight excluding hydrogens is 370 g/mol. The summed E-state index contributed by atoms with van der Waals surface area (Å²) in [6.07, 6.45) is 0. The van der Waals surface area contributed by atoms with Crippen LogP contribution in [-0.2, 0) is 11.3 Å². The van der Waals surface area contributed by atoms with Crippen molar-refractivity contribution in [3.8, 4) is 0 Å². The van der Waals surface area contributed by atoms with E-state index in [1.807, 2.05) is 19.2 Å². The third kappa shape index (κ3) is 4.90. The highest BCUT2D eigenvalue weighted by Gasteiger charge is 2.13. The summed E-state index contributed by atoms with van der Waals surface area (Å²) >= 11 is 5.05. The first-order chi connectivity index (χ1) is 10.4. The molecule has 1 unspecified atom stereocenters. The van der Waals surface area contributed by atoms with E-state index in [1.54, 1.807) is 23.5 Å². The van der Waals surface area contributed by atoms with Gasteiger partial charge in [-0.25, -0.2) is 0 Å². The number of thiophene rings is 1. The summed E-state index contributed by atoms with van der Waals surface area (Å²) in [7, 11) is 1.93. The molecule has 0 spiro atoms. The molecule has 1 aromatic heterocycles. The lowest BCUT2D eigenvalue weighted by Gasteiger charge is -2.12. The Morgan fingerprint density at radius 2 is 2.18 bits per heavy atom. The molecule has 0 bridgehead atoms. The molecule has 0 saturated carbocycles. The maximum absolute atomic E-state index is 12.0. The van der Waals surface area contributed by atoms with Crippen LogP contribution in [-0.4, -0.2) is 24.4 Å². The van der Waals surface area contributed by atoms with Gasteiger partial charge in [0, 0.05) is 17.8 Å². The van der Waals surface area contributed by atoms with E-state index in [4.69, 9.17) is 0 Å². The molecule has 1 heterocycles. The molecular formula is C14H15BrN3O3S+. The highest BCUT2D eigenvalue weighted by Crippen LogP contribution is 2.21. The van der Waals surface area contributed by atoms with Gasteiger partial charge in [-0.15, -0.1) is 11.3 Å². The van der Waals surface area contributed by atoms with Crippen molar-refractivity contribution in [2.75, 3.05) is 18.9 Å². The number of benzene rings is 1. The smallest absolute Gasteiger partial charge is 0.279 e. The number of anilines is 1. The predicted octanol–water partition coefficient (Wildman–Crippen LogP) is 2.07. The molecule has 116 valence electrons. The van der Waals surface area contributed by atoms with Crippen LogP contribution in [0.5, 0.6) is 0 Å². The lowest BCUT2D eigenvalue weighted by Crippen LogP contribution is -3.08. The van der Waals surface area contributed by atoms with E-state index in [0.717, 1.165) is 15.2 Å². The molecule has 0 aliphatic rings. The maximum atomic E-state index is 12.0. The van der Waals surface area contributed by atoms with Crippen molar-refractivity contribution in [3.05, 3.63) is 55.2 Å². The number of nitrogens with zero attached hydrogens (tertiary/aromatic N) is 1. The number of non-ortho nitro benzene ring substituents is 1. The lowest BCUT2D eigenvalue weighted by atomic mass is 10.3. The Hall–Kier alpha value is -1.77. The van der Waals surface area contributed by atoms with Gasteiger partial charge < -0.3 is 10.2 Å². The van der Waals surface area contributed by atoms with Crippen LogP contribution in [0.4, 0.5) is 11.4 Å². The second-order valence-corrected chi connectivity index (χ2v) is 7.42. The largest absolute Gasteiger partial charge is 0.325 e. The Morgan fingerprint density at radius 1 is 1.41 bits per heavy atom. The van der Waals surface area contributed by atoms with Crippen LogP contribution in [0.3, 0.4) is 0 Å². The van der Waals surface area contributed by atoms with Crippen LogP contribution < -0.4 is 10.2 Å². The number of nitrogens with one attached hydrogen (secondary N) is 2. The molecule has 6 nitrogen and oxygen atoms in total. The summed E-state index contributed by atoms with van der Waals surface area (Å²) in [6.45, 7) is 1.04. The fourth-order valence-corrected chi connectivity index (χ4v) is 3.58. The number of carbonyl (C=O) groups excluding carboxylic acids is 1. The van der Waals surface area contributed by atoms with Crippen molar-refractivity contribution in [2.45, 2.75) is 6.54 Å².